The van der Waals surface area contributed by atoms with Crippen molar-refractivity contribution in [2.75, 3.05) is 26.5 Å². The Balaban J connectivity index is 1.69. The molecule has 2 aliphatic heterocycles. The maximum atomic E-state index is 12.6. The van der Waals surface area contributed by atoms with Crippen LogP contribution in [-0.2, 0) is 20.8 Å². The minimum absolute atomic E-state index is 0.130. The third-order valence-electron chi connectivity index (χ3n) is 4.22. The molecule has 2 saturated heterocycles. The highest BCUT2D eigenvalue weighted by atomic mass is 32.1. The molecule has 3 rings (SSSR count). The van der Waals surface area contributed by atoms with Crippen LogP contribution in [0.25, 0.3) is 0 Å². The lowest BCUT2D eigenvalue weighted by atomic mass is 10.1. The molecular formula is C15H20N2O4S. The van der Waals surface area contributed by atoms with E-state index in [9.17, 15) is 9.59 Å². The number of rotatable bonds is 4. The molecule has 2 aliphatic rings. The number of urea groups is 1. The Bertz CT molecular complexity index is 580. The predicted octanol–water partition coefficient (Wildman–Crippen LogP) is 1.89. The summed E-state index contributed by atoms with van der Waals surface area (Å²) in [6.45, 7) is 6.12. The van der Waals surface area contributed by atoms with Gasteiger partial charge in [-0.3, -0.25) is 9.69 Å². The van der Waals surface area contributed by atoms with E-state index in [4.69, 9.17) is 9.47 Å². The smallest absolute Gasteiger partial charge is 0.327 e. The molecule has 0 radical (unpaired) electrons. The van der Waals surface area contributed by atoms with Crippen LogP contribution < -0.4 is 0 Å². The first-order valence-electron chi connectivity index (χ1n) is 7.38. The normalized spacial score (nSPS) is 22.7. The molecule has 0 bridgehead atoms. The Labute approximate surface area is 133 Å². The summed E-state index contributed by atoms with van der Waals surface area (Å²) >= 11 is 1.69. The molecule has 2 fully saturated rings. The third kappa shape index (κ3) is 3.02. The van der Waals surface area contributed by atoms with Crippen LogP contribution in [0, 0.1) is 13.8 Å². The highest BCUT2D eigenvalue weighted by Crippen LogP contribution is 2.24. The molecule has 6 nitrogen and oxygen atoms in total. The summed E-state index contributed by atoms with van der Waals surface area (Å²) in [5.74, 6) is -0.130. The van der Waals surface area contributed by atoms with E-state index in [0.29, 0.717) is 26.1 Å². The highest BCUT2D eigenvalue weighted by Gasteiger charge is 2.34. The molecule has 0 aromatic carbocycles. The minimum Gasteiger partial charge on any atom is -0.353 e. The van der Waals surface area contributed by atoms with Gasteiger partial charge in [-0.25, -0.2) is 4.79 Å². The zero-order valence-corrected chi connectivity index (χ0v) is 13.6. The number of carbonyl (C=O) groups is 2. The van der Waals surface area contributed by atoms with Crippen molar-refractivity contribution in [1.29, 1.82) is 0 Å². The summed E-state index contributed by atoms with van der Waals surface area (Å²) in [6.07, 6.45) is 0.152. The van der Waals surface area contributed by atoms with Gasteiger partial charge in [-0.1, -0.05) is 0 Å². The van der Waals surface area contributed by atoms with Crippen molar-refractivity contribution >= 4 is 23.3 Å². The van der Waals surface area contributed by atoms with Gasteiger partial charge >= 0.3 is 6.03 Å². The molecule has 22 heavy (non-hydrogen) atoms. The van der Waals surface area contributed by atoms with Crippen molar-refractivity contribution in [1.82, 2.24) is 9.80 Å². The summed E-state index contributed by atoms with van der Waals surface area (Å²) < 4.78 is 10.5. The fourth-order valence-electron chi connectivity index (χ4n) is 2.67. The number of hydrogen-bond acceptors (Lipinski definition) is 5. The van der Waals surface area contributed by atoms with Crippen LogP contribution in [-0.4, -0.2) is 54.3 Å². The molecule has 1 aromatic rings. The average molecular weight is 324 g/mol. The van der Waals surface area contributed by atoms with Crippen molar-refractivity contribution in [3.63, 3.8) is 0 Å². The lowest BCUT2D eigenvalue weighted by molar-refractivity contribution is -0.132. The SMILES string of the molecule is Cc1scc(CN2CCC(=O)N(CC3COCO3)C2=O)c1C. The Morgan fingerprint density at radius 2 is 2.18 bits per heavy atom. The van der Waals surface area contributed by atoms with E-state index in [1.807, 2.05) is 0 Å². The summed E-state index contributed by atoms with van der Waals surface area (Å²) in [5.41, 5.74) is 2.39. The first-order chi connectivity index (χ1) is 10.6. The molecule has 1 unspecified atom stereocenters. The van der Waals surface area contributed by atoms with Gasteiger partial charge in [0, 0.05) is 24.4 Å². The first kappa shape index (κ1) is 15.5. The van der Waals surface area contributed by atoms with Crippen molar-refractivity contribution in [3.05, 3.63) is 21.4 Å². The number of nitrogens with zero attached hydrogens (tertiary/aromatic N) is 2. The van der Waals surface area contributed by atoms with Gasteiger partial charge in [0.05, 0.1) is 13.2 Å². The Morgan fingerprint density at radius 3 is 2.82 bits per heavy atom. The summed E-state index contributed by atoms with van der Waals surface area (Å²) in [5, 5.41) is 2.09. The summed E-state index contributed by atoms with van der Waals surface area (Å²) in [7, 11) is 0. The molecule has 1 aromatic heterocycles. The van der Waals surface area contributed by atoms with Gasteiger partial charge in [0.25, 0.3) is 0 Å². The van der Waals surface area contributed by atoms with E-state index in [-0.39, 0.29) is 31.4 Å². The predicted molar refractivity (Wildman–Crippen MR) is 81.6 cm³/mol. The van der Waals surface area contributed by atoms with Crippen LogP contribution >= 0.6 is 11.3 Å². The van der Waals surface area contributed by atoms with E-state index in [2.05, 4.69) is 19.2 Å². The lowest BCUT2D eigenvalue weighted by Gasteiger charge is -2.35. The van der Waals surface area contributed by atoms with Crippen LogP contribution in [0.3, 0.4) is 0 Å². The zero-order chi connectivity index (χ0) is 15.7. The lowest BCUT2D eigenvalue weighted by Crippen LogP contribution is -2.54. The van der Waals surface area contributed by atoms with Crippen molar-refractivity contribution in [3.8, 4) is 0 Å². The summed E-state index contributed by atoms with van der Waals surface area (Å²) in [6, 6.07) is -0.227. The molecule has 0 spiro atoms. The zero-order valence-electron chi connectivity index (χ0n) is 12.8. The van der Waals surface area contributed by atoms with E-state index >= 15 is 0 Å². The largest absolute Gasteiger partial charge is 0.353 e. The first-order valence-corrected chi connectivity index (χ1v) is 8.26. The van der Waals surface area contributed by atoms with Crippen LogP contribution in [0.15, 0.2) is 5.38 Å². The molecule has 3 amide bonds. The van der Waals surface area contributed by atoms with E-state index in [1.54, 1.807) is 16.2 Å². The van der Waals surface area contributed by atoms with E-state index < -0.39 is 0 Å². The Morgan fingerprint density at radius 1 is 1.36 bits per heavy atom. The van der Waals surface area contributed by atoms with Gasteiger partial charge in [-0.05, 0) is 30.4 Å². The van der Waals surface area contributed by atoms with Crippen molar-refractivity contribution in [2.45, 2.75) is 32.9 Å². The fraction of sp³-hybridized carbons (Fsp3) is 0.600. The van der Waals surface area contributed by atoms with Gasteiger partial charge in [-0.15, -0.1) is 11.3 Å². The number of aryl methyl sites for hydroxylation is 1. The van der Waals surface area contributed by atoms with E-state index in [0.717, 1.165) is 5.56 Å². The number of hydrogen-bond donors (Lipinski definition) is 0. The van der Waals surface area contributed by atoms with E-state index in [1.165, 1.54) is 15.3 Å². The summed E-state index contributed by atoms with van der Waals surface area (Å²) in [4.78, 5) is 28.9. The van der Waals surface area contributed by atoms with Gasteiger partial charge < -0.3 is 14.4 Å². The standard InChI is InChI=1S/C15H20N2O4S/c1-10-11(2)22-8-12(10)5-16-4-3-14(18)17(15(16)19)6-13-7-20-9-21-13/h8,13H,3-7,9H2,1-2H3. The monoisotopic (exact) mass is 324 g/mol. The van der Waals surface area contributed by atoms with Crippen LogP contribution in [0.2, 0.25) is 0 Å². The topological polar surface area (TPSA) is 59.1 Å². The molecule has 0 N–H and O–H groups in total. The second kappa shape index (κ2) is 6.36. The number of carbonyl (C=O) groups excluding carboxylic acids is 2. The second-order valence-electron chi connectivity index (χ2n) is 5.68. The van der Waals surface area contributed by atoms with Crippen molar-refractivity contribution < 1.29 is 19.1 Å². The Kier molecular flexibility index (Phi) is 4.46. The third-order valence-corrected chi connectivity index (χ3v) is 5.29. The average Bonchev–Trinajstić information content (AvgIpc) is 3.11. The molecule has 120 valence electrons. The molecule has 3 heterocycles. The Hall–Kier alpha value is -1.44. The quantitative estimate of drug-likeness (QED) is 0.849. The highest BCUT2D eigenvalue weighted by molar-refractivity contribution is 7.10. The molecule has 0 aliphatic carbocycles. The number of ether oxygens (including phenoxy) is 2. The second-order valence-corrected chi connectivity index (χ2v) is 6.76. The molecular weight excluding hydrogens is 304 g/mol. The van der Waals surface area contributed by atoms with Gasteiger partial charge in [0.2, 0.25) is 5.91 Å². The van der Waals surface area contributed by atoms with Gasteiger partial charge in [-0.2, -0.15) is 0 Å². The fourth-order valence-corrected chi connectivity index (χ4v) is 3.55. The van der Waals surface area contributed by atoms with Gasteiger partial charge in [0.15, 0.2) is 0 Å². The van der Waals surface area contributed by atoms with Gasteiger partial charge in [0.1, 0.15) is 12.9 Å². The maximum absolute atomic E-state index is 12.6. The van der Waals surface area contributed by atoms with Crippen LogP contribution in [0.4, 0.5) is 4.79 Å². The van der Waals surface area contributed by atoms with Crippen LogP contribution in [0.5, 0.6) is 0 Å². The van der Waals surface area contributed by atoms with Crippen LogP contribution in [0.1, 0.15) is 22.4 Å². The molecule has 7 heteroatoms. The number of amides is 3. The maximum Gasteiger partial charge on any atom is 0.327 e. The number of imide groups is 1. The minimum atomic E-state index is -0.227. The van der Waals surface area contributed by atoms with Crippen molar-refractivity contribution in [2.24, 2.45) is 0 Å². The number of thiophene rings is 1. The molecule has 1 atom stereocenters. The molecule has 0 saturated carbocycles.